The molecule has 1 atom stereocenters. The van der Waals surface area contributed by atoms with Gasteiger partial charge in [0.1, 0.15) is 5.52 Å². The predicted molar refractivity (Wildman–Crippen MR) is 95.4 cm³/mol. The average molecular weight is 342 g/mol. The lowest BCUT2D eigenvalue weighted by Crippen LogP contribution is -2.44. The highest BCUT2D eigenvalue weighted by molar-refractivity contribution is 5.96. The van der Waals surface area contributed by atoms with Crippen LogP contribution in [0.3, 0.4) is 0 Å². The molecule has 1 saturated heterocycles. The van der Waals surface area contributed by atoms with Crippen molar-refractivity contribution in [1.82, 2.24) is 19.4 Å². The summed E-state index contributed by atoms with van der Waals surface area (Å²) in [7, 11) is 0. The van der Waals surface area contributed by atoms with Crippen LogP contribution in [0.2, 0.25) is 0 Å². The van der Waals surface area contributed by atoms with E-state index in [9.17, 15) is 9.90 Å². The van der Waals surface area contributed by atoms with Crippen LogP contribution in [0.15, 0.2) is 18.6 Å². The molecule has 6 nitrogen and oxygen atoms in total. The van der Waals surface area contributed by atoms with Crippen LogP contribution in [0.4, 0.5) is 0 Å². The number of pyridine rings is 1. The van der Waals surface area contributed by atoms with Gasteiger partial charge >= 0.3 is 0 Å². The molecule has 1 aliphatic carbocycles. The third-order valence-corrected chi connectivity index (χ3v) is 5.73. The van der Waals surface area contributed by atoms with E-state index in [0.717, 1.165) is 37.0 Å². The number of amides is 1. The summed E-state index contributed by atoms with van der Waals surface area (Å²) in [6.45, 7) is 0.885. The van der Waals surface area contributed by atoms with Crippen molar-refractivity contribution >= 4 is 17.1 Å². The van der Waals surface area contributed by atoms with Crippen LogP contribution in [-0.4, -0.2) is 49.6 Å². The molecule has 2 fully saturated rings. The first kappa shape index (κ1) is 16.5. The number of rotatable bonds is 4. The van der Waals surface area contributed by atoms with Gasteiger partial charge in [0.05, 0.1) is 11.9 Å². The number of aliphatic hydroxyl groups is 1. The van der Waals surface area contributed by atoms with Crippen molar-refractivity contribution in [3.63, 3.8) is 0 Å². The quantitative estimate of drug-likeness (QED) is 0.927. The molecule has 1 amide bonds. The van der Waals surface area contributed by atoms with Crippen molar-refractivity contribution in [2.24, 2.45) is 0 Å². The van der Waals surface area contributed by atoms with Crippen LogP contribution >= 0.6 is 0 Å². The Hall–Kier alpha value is -1.95. The van der Waals surface area contributed by atoms with Crippen LogP contribution in [0.1, 0.15) is 67.8 Å². The Balaban J connectivity index is 1.59. The molecule has 3 heterocycles. The lowest BCUT2D eigenvalue weighted by Gasteiger charge is -2.35. The summed E-state index contributed by atoms with van der Waals surface area (Å²) in [6.07, 6.45) is 12.2. The summed E-state index contributed by atoms with van der Waals surface area (Å²) in [5.74, 6) is 0.0166. The van der Waals surface area contributed by atoms with Crippen LogP contribution in [0, 0.1) is 0 Å². The number of carbonyl (C=O) groups excluding carboxylic acids is 1. The lowest BCUT2D eigenvalue weighted by molar-refractivity contribution is 0.0574. The monoisotopic (exact) mass is 342 g/mol. The largest absolute Gasteiger partial charge is 0.396 e. The highest BCUT2D eigenvalue weighted by Crippen LogP contribution is 2.31. The Morgan fingerprint density at radius 2 is 1.96 bits per heavy atom. The summed E-state index contributed by atoms with van der Waals surface area (Å²) in [5.41, 5.74) is 2.29. The SMILES string of the molecule is O=C(c1cnc2c(c1)ncn2C1CCCC1)N1CCCCC1CCO. The minimum atomic E-state index is 0.0166. The third-order valence-electron chi connectivity index (χ3n) is 5.73. The first-order valence-electron chi connectivity index (χ1n) is 9.52. The van der Waals surface area contributed by atoms with Gasteiger partial charge in [0.2, 0.25) is 0 Å². The van der Waals surface area contributed by atoms with E-state index < -0.39 is 0 Å². The topological polar surface area (TPSA) is 71.2 Å². The number of nitrogens with zero attached hydrogens (tertiary/aromatic N) is 4. The van der Waals surface area contributed by atoms with Crippen molar-refractivity contribution in [3.8, 4) is 0 Å². The number of aliphatic hydroxyl groups excluding tert-OH is 1. The first-order valence-corrected chi connectivity index (χ1v) is 9.52. The van der Waals surface area contributed by atoms with Crippen LogP contribution in [-0.2, 0) is 0 Å². The van der Waals surface area contributed by atoms with Gasteiger partial charge in [0, 0.05) is 31.4 Å². The van der Waals surface area contributed by atoms with Gasteiger partial charge in [0.15, 0.2) is 5.65 Å². The molecule has 25 heavy (non-hydrogen) atoms. The molecule has 4 rings (SSSR count). The maximum Gasteiger partial charge on any atom is 0.255 e. The zero-order chi connectivity index (χ0) is 17.2. The molecule has 2 aromatic heterocycles. The smallest absolute Gasteiger partial charge is 0.255 e. The van der Waals surface area contributed by atoms with E-state index >= 15 is 0 Å². The van der Waals surface area contributed by atoms with Crippen LogP contribution < -0.4 is 0 Å². The minimum Gasteiger partial charge on any atom is -0.396 e. The van der Waals surface area contributed by atoms with Gasteiger partial charge in [-0.2, -0.15) is 0 Å². The van der Waals surface area contributed by atoms with Crippen molar-refractivity contribution in [3.05, 3.63) is 24.2 Å². The molecular formula is C19H26N4O2. The molecule has 0 radical (unpaired) electrons. The maximum absolute atomic E-state index is 13.0. The third kappa shape index (κ3) is 3.15. The number of hydrogen-bond acceptors (Lipinski definition) is 4. The fraction of sp³-hybridized carbons (Fsp3) is 0.632. The van der Waals surface area contributed by atoms with Crippen molar-refractivity contribution in [2.75, 3.05) is 13.2 Å². The van der Waals surface area contributed by atoms with E-state index in [2.05, 4.69) is 14.5 Å². The first-order chi connectivity index (χ1) is 12.3. The maximum atomic E-state index is 13.0. The molecule has 6 heteroatoms. The van der Waals surface area contributed by atoms with Gasteiger partial charge in [-0.25, -0.2) is 9.97 Å². The second-order valence-corrected chi connectivity index (χ2v) is 7.32. The number of piperidine rings is 1. The Morgan fingerprint density at radius 3 is 2.76 bits per heavy atom. The van der Waals surface area contributed by atoms with E-state index in [1.165, 1.54) is 25.7 Å². The molecule has 0 bridgehead atoms. The van der Waals surface area contributed by atoms with Gasteiger partial charge in [0.25, 0.3) is 5.91 Å². The second kappa shape index (κ2) is 7.12. The zero-order valence-electron chi connectivity index (χ0n) is 14.6. The highest BCUT2D eigenvalue weighted by atomic mass is 16.3. The standard InChI is InChI=1S/C19H26N4O2/c24-10-8-16-7-3-4-9-22(16)19(25)14-11-17-18(20-12-14)23(13-21-17)15-5-1-2-6-15/h11-13,15-16,24H,1-10H2. The Bertz CT molecular complexity index is 749. The molecule has 2 aliphatic rings. The van der Waals surface area contributed by atoms with Crippen molar-refractivity contribution < 1.29 is 9.90 Å². The zero-order valence-corrected chi connectivity index (χ0v) is 14.6. The Kier molecular flexibility index (Phi) is 4.70. The molecule has 1 N–H and O–H groups in total. The molecule has 134 valence electrons. The number of likely N-dealkylation sites (tertiary alicyclic amines) is 1. The van der Waals surface area contributed by atoms with Gasteiger partial charge in [-0.1, -0.05) is 12.8 Å². The lowest BCUT2D eigenvalue weighted by atomic mass is 9.98. The van der Waals surface area contributed by atoms with E-state index in [1.54, 1.807) is 6.20 Å². The summed E-state index contributed by atoms with van der Waals surface area (Å²) in [5, 5.41) is 9.27. The molecule has 0 aromatic carbocycles. The van der Waals surface area contributed by atoms with E-state index in [4.69, 9.17) is 0 Å². The minimum absolute atomic E-state index is 0.0166. The van der Waals surface area contributed by atoms with E-state index in [1.807, 2.05) is 17.3 Å². The molecular weight excluding hydrogens is 316 g/mol. The van der Waals surface area contributed by atoms with Crippen molar-refractivity contribution in [2.45, 2.75) is 63.5 Å². The summed E-state index contributed by atoms with van der Waals surface area (Å²) in [6, 6.07) is 2.51. The van der Waals surface area contributed by atoms with Gasteiger partial charge in [-0.05, 0) is 44.6 Å². The molecule has 1 unspecified atom stereocenters. The average Bonchev–Trinajstić information content (AvgIpc) is 3.30. The molecule has 0 spiro atoms. The highest BCUT2D eigenvalue weighted by Gasteiger charge is 2.28. The van der Waals surface area contributed by atoms with Crippen LogP contribution in [0.5, 0.6) is 0 Å². The normalized spacial score (nSPS) is 22.0. The van der Waals surface area contributed by atoms with Crippen molar-refractivity contribution in [1.29, 1.82) is 0 Å². The van der Waals surface area contributed by atoms with Gasteiger partial charge < -0.3 is 14.6 Å². The second-order valence-electron chi connectivity index (χ2n) is 7.32. The van der Waals surface area contributed by atoms with E-state index in [-0.39, 0.29) is 18.6 Å². The summed E-state index contributed by atoms with van der Waals surface area (Å²) >= 11 is 0. The predicted octanol–water partition coefficient (Wildman–Crippen LogP) is 2.92. The molecule has 2 aromatic rings. The fourth-order valence-electron chi connectivity index (χ4n) is 4.37. The van der Waals surface area contributed by atoms with Gasteiger partial charge in [-0.15, -0.1) is 0 Å². The van der Waals surface area contributed by atoms with Crippen LogP contribution in [0.25, 0.3) is 11.2 Å². The Labute approximate surface area is 147 Å². The number of hydrogen-bond donors (Lipinski definition) is 1. The van der Waals surface area contributed by atoms with Gasteiger partial charge in [-0.3, -0.25) is 4.79 Å². The summed E-state index contributed by atoms with van der Waals surface area (Å²) < 4.78 is 2.17. The number of imidazole rings is 1. The number of aromatic nitrogens is 3. The summed E-state index contributed by atoms with van der Waals surface area (Å²) in [4.78, 5) is 23.9. The fourth-order valence-corrected chi connectivity index (χ4v) is 4.37. The number of carbonyl (C=O) groups is 1. The molecule has 1 saturated carbocycles. The van der Waals surface area contributed by atoms with E-state index in [0.29, 0.717) is 18.0 Å². The molecule has 1 aliphatic heterocycles. The Morgan fingerprint density at radius 1 is 1.16 bits per heavy atom. The number of fused-ring (bicyclic) bond motifs is 1.